The highest BCUT2D eigenvalue weighted by atomic mass is 32.1. The summed E-state index contributed by atoms with van der Waals surface area (Å²) >= 11 is 1.75. The molecule has 1 aromatic heterocycles. The van der Waals surface area contributed by atoms with E-state index in [2.05, 4.69) is 23.6 Å². The zero-order chi connectivity index (χ0) is 24.6. The van der Waals surface area contributed by atoms with Gasteiger partial charge in [-0.15, -0.1) is 11.3 Å². The van der Waals surface area contributed by atoms with E-state index in [0.29, 0.717) is 44.0 Å². The Bertz CT molecular complexity index is 1110. The van der Waals surface area contributed by atoms with Crippen molar-refractivity contribution in [3.63, 3.8) is 0 Å². The van der Waals surface area contributed by atoms with E-state index < -0.39 is 0 Å². The highest BCUT2D eigenvalue weighted by molar-refractivity contribution is 7.10. The first-order valence-electron chi connectivity index (χ1n) is 12.0. The van der Waals surface area contributed by atoms with Crippen LogP contribution in [-0.4, -0.2) is 61.6 Å². The number of carbonyl (C=O) groups is 2. The molecule has 1 aliphatic rings. The number of rotatable bonds is 10. The molecule has 2 heterocycles. The van der Waals surface area contributed by atoms with Crippen molar-refractivity contribution in [3.8, 4) is 5.75 Å². The van der Waals surface area contributed by atoms with Gasteiger partial charge >= 0.3 is 0 Å². The first-order chi connectivity index (χ1) is 17.1. The number of hydrogen-bond acceptors (Lipinski definition) is 5. The maximum atomic E-state index is 13.7. The first kappa shape index (κ1) is 24.9. The van der Waals surface area contributed by atoms with Crippen molar-refractivity contribution in [2.24, 2.45) is 0 Å². The lowest BCUT2D eigenvalue weighted by molar-refractivity contribution is -0.134. The van der Waals surface area contributed by atoms with Gasteiger partial charge in [0.1, 0.15) is 12.3 Å². The number of nitrogens with zero attached hydrogens (tertiary/aromatic N) is 2. The second-order valence-electron chi connectivity index (χ2n) is 8.46. The fourth-order valence-corrected chi connectivity index (χ4v) is 5.41. The normalized spacial score (nSPS) is 14.9. The Labute approximate surface area is 211 Å². The number of benzene rings is 2. The molecule has 4 rings (SSSR count). The standard InChI is InChI=1S/C28H32N2O4S/c1-3-34-18-7-16-29(28(32)22-10-12-23(33-2)13-11-22)20-26(31)30-17-14-25-24(15-19-35-25)27(30)21-8-5-4-6-9-21/h4-6,8-13,15,19,27H,3,7,14,16-18,20H2,1-2H3. The number of amides is 2. The lowest BCUT2D eigenvalue weighted by Crippen LogP contribution is -2.47. The minimum absolute atomic E-state index is 0.0276. The van der Waals surface area contributed by atoms with E-state index in [4.69, 9.17) is 9.47 Å². The fraction of sp³-hybridized carbons (Fsp3) is 0.357. The number of hydrogen-bond donors (Lipinski definition) is 0. The van der Waals surface area contributed by atoms with Crippen molar-refractivity contribution in [2.45, 2.75) is 25.8 Å². The molecule has 0 radical (unpaired) electrons. The molecule has 0 N–H and O–H groups in total. The molecule has 6 nitrogen and oxygen atoms in total. The summed E-state index contributed by atoms with van der Waals surface area (Å²) in [4.78, 5) is 32.0. The summed E-state index contributed by atoms with van der Waals surface area (Å²) in [6, 6.07) is 19.1. The van der Waals surface area contributed by atoms with Crippen molar-refractivity contribution in [1.29, 1.82) is 0 Å². The van der Waals surface area contributed by atoms with Gasteiger partial charge in [0, 0.05) is 36.7 Å². The molecule has 0 saturated carbocycles. The number of ether oxygens (including phenoxy) is 2. The molecule has 2 aromatic carbocycles. The molecule has 3 aromatic rings. The third-order valence-electron chi connectivity index (χ3n) is 6.27. The third-order valence-corrected chi connectivity index (χ3v) is 7.27. The molecule has 7 heteroatoms. The van der Waals surface area contributed by atoms with Gasteiger partial charge in [-0.25, -0.2) is 0 Å². The number of methoxy groups -OCH3 is 1. The minimum Gasteiger partial charge on any atom is -0.497 e. The first-order valence-corrected chi connectivity index (χ1v) is 12.9. The molecular weight excluding hydrogens is 460 g/mol. The van der Waals surface area contributed by atoms with Crippen LogP contribution in [0.1, 0.15) is 45.7 Å². The predicted octanol–water partition coefficient (Wildman–Crippen LogP) is 4.80. The van der Waals surface area contributed by atoms with Gasteiger partial charge in [0.05, 0.1) is 13.2 Å². The SMILES string of the molecule is CCOCCCN(CC(=O)N1CCc2sccc2C1c1ccccc1)C(=O)c1ccc(OC)cc1. The van der Waals surface area contributed by atoms with E-state index >= 15 is 0 Å². The minimum atomic E-state index is -0.165. The average Bonchev–Trinajstić information content (AvgIpc) is 3.39. The molecule has 0 spiro atoms. The number of fused-ring (bicyclic) bond motifs is 1. The second kappa shape index (κ2) is 12.0. The molecule has 1 unspecified atom stereocenters. The molecule has 2 amide bonds. The van der Waals surface area contributed by atoms with Crippen LogP contribution >= 0.6 is 11.3 Å². The molecule has 1 aliphatic heterocycles. The van der Waals surface area contributed by atoms with Gasteiger partial charge in [-0.2, -0.15) is 0 Å². The van der Waals surface area contributed by atoms with Gasteiger partial charge < -0.3 is 19.3 Å². The highest BCUT2D eigenvalue weighted by Gasteiger charge is 2.34. The van der Waals surface area contributed by atoms with Crippen LogP contribution in [0.25, 0.3) is 0 Å². The van der Waals surface area contributed by atoms with Crippen LogP contribution in [0.15, 0.2) is 66.0 Å². The molecule has 0 aliphatic carbocycles. The van der Waals surface area contributed by atoms with Crippen molar-refractivity contribution >= 4 is 23.2 Å². The van der Waals surface area contributed by atoms with Gasteiger partial charge in [-0.05, 0) is 66.6 Å². The van der Waals surface area contributed by atoms with E-state index in [-0.39, 0.29) is 24.4 Å². The van der Waals surface area contributed by atoms with E-state index in [0.717, 1.165) is 12.0 Å². The number of carbonyl (C=O) groups excluding carboxylic acids is 2. The maximum Gasteiger partial charge on any atom is 0.254 e. The number of thiophene rings is 1. The summed E-state index contributed by atoms with van der Waals surface area (Å²) in [5.74, 6) is 0.474. The molecule has 35 heavy (non-hydrogen) atoms. The zero-order valence-electron chi connectivity index (χ0n) is 20.3. The van der Waals surface area contributed by atoms with Crippen LogP contribution in [0.2, 0.25) is 0 Å². The summed E-state index contributed by atoms with van der Waals surface area (Å²) < 4.78 is 10.7. The topological polar surface area (TPSA) is 59.1 Å². The van der Waals surface area contributed by atoms with Gasteiger partial charge in [0.25, 0.3) is 5.91 Å². The van der Waals surface area contributed by atoms with E-state index in [1.807, 2.05) is 30.0 Å². The Hall–Kier alpha value is -3.16. The summed E-state index contributed by atoms with van der Waals surface area (Å²) in [6.07, 6.45) is 1.50. The van der Waals surface area contributed by atoms with Gasteiger partial charge in [-0.3, -0.25) is 9.59 Å². The van der Waals surface area contributed by atoms with Gasteiger partial charge in [0.2, 0.25) is 5.91 Å². The van der Waals surface area contributed by atoms with Crippen LogP contribution in [0, 0.1) is 0 Å². The maximum absolute atomic E-state index is 13.7. The molecule has 0 bridgehead atoms. The monoisotopic (exact) mass is 492 g/mol. The Balaban J connectivity index is 1.56. The Morgan fingerprint density at radius 1 is 1.09 bits per heavy atom. The summed E-state index contributed by atoms with van der Waals surface area (Å²) in [6.45, 7) is 4.23. The van der Waals surface area contributed by atoms with Crippen LogP contribution < -0.4 is 4.74 Å². The lowest BCUT2D eigenvalue weighted by atomic mass is 9.93. The van der Waals surface area contributed by atoms with Gasteiger partial charge in [0.15, 0.2) is 0 Å². The molecular formula is C28H32N2O4S. The quantitative estimate of drug-likeness (QED) is 0.382. The van der Waals surface area contributed by atoms with E-state index in [1.165, 1.54) is 10.4 Å². The Kier molecular flexibility index (Phi) is 8.55. The van der Waals surface area contributed by atoms with E-state index in [1.54, 1.807) is 47.6 Å². The van der Waals surface area contributed by atoms with Crippen molar-refractivity contribution in [2.75, 3.05) is 40.0 Å². The summed E-state index contributed by atoms with van der Waals surface area (Å²) in [7, 11) is 1.59. The zero-order valence-corrected chi connectivity index (χ0v) is 21.1. The van der Waals surface area contributed by atoms with Crippen LogP contribution in [-0.2, 0) is 16.0 Å². The van der Waals surface area contributed by atoms with Crippen molar-refractivity contribution < 1.29 is 19.1 Å². The van der Waals surface area contributed by atoms with Crippen LogP contribution in [0.3, 0.4) is 0 Å². The smallest absolute Gasteiger partial charge is 0.254 e. The third kappa shape index (κ3) is 5.92. The van der Waals surface area contributed by atoms with Crippen molar-refractivity contribution in [1.82, 2.24) is 9.80 Å². The molecule has 184 valence electrons. The van der Waals surface area contributed by atoms with E-state index in [9.17, 15) is 9.59 Å². The summed E-state index contributed by atoms with van der Waals surface area (Å²) in [5.41, 5.74) is 2.81. The lowest BCUT2D eigenvalue weighted by Gasteiger charge is -2.37. The second-order valence-corrected chi connectivity index (χ2v) is 9.46. The fourth-order valence-electron chi connectivity index (χ4n) is 4.50. The molecule has 0 saturated heterocycles. The van der Waals surface area contributed by atoms with Crippen LogP contribution in [0.4, 0.5) is 0 Å². The molecule has 1 atom stereocenters. The van der Waals surface area contributed by atoms with Crippen molar-refractivity contribution in [3.05, 3.63) is 87.6 Å². The largest absolute Gasteiger partial charge is 0.497 e. The summed E-state index contributed by atoms with van der Waals surface area (Å²) in [5, 5.41) is 2.10. The Morgan fingerprint density at radius 3 is 2.57 bits per heavy atom. The molecule has 0 fully saturated rings. The Morgan fingerprint density at radius 2 is 1.86 bits per heavy atom. The highest BCUT2D eigenvalue weighted by Crippen LogP contribution is 2.37. The average molecular weight is 493 g/mol. The predicted molar refractivity (Wildman–Crippen MR) is 138 cm³/mol. The van der Waals surface area contributed by atoms with Crippen LogP contribution in [0.5, 0.6) is 5.75 Å². The van der Waals surface area contributed by atoms with Gasteiger partial charge in [-0.1, -0.05) is 30.3 Å².